The van der Waals surface area contributed by atoms with Gasteiger partial charge in [-0.2, -0.15) is 5.10 Å². The Balaban J connectivity index is 1.53. The minimum absolute atomic E-state index is 0.0293. The third-order valence-electron chi connectivity index (χ3n) is 4.55. The molecule has 0 saturated carbocycles. The van der Waals surface area contributed by atoms with Crippen LogP contribution >= 0.6 is 11.6 Å². The number of aromatic nitrogens is 2. The van der Waals surface area contributed by atoms with Crippen molar-refractivity contribution in [3.05, 3.63) is 56.6 Å². The van der Waals surface area contributed by atoms with Crippen molar-refractivity contribution in [2.24, 2.45) is 0 Å². The van der Waals surface area contributed by atoms with Gasteiger partial charge in [-0.05, 0) is 24.6 Å². The zero-order valence-corrected chi connectivity index (χ0v) is 15.5. The van der Waals surface area contributed by atoms with Crippen molar-refractivity contribution in [2.45, 2.75) is 20.0 Å². The maximum atomic E-state index is 13.1. The summed E-state index contributed by atoms with van der Waals surface area (Å²) < 4.78 is 14.4. The first-order chi connectivity index (χ1) is 12.8. The van der Waals surface area contributed by atoms with Gasteiger partial charge in [0.05, 0.1) is 4.92 Å². The van der Waals surface area contributed by atoms with E-state index in [2.05, 4.69) is 10.00 Å². The van der Waals surface area contributed by atoms with Gasteiger partial charge in [0.1, 0.15) is 24.3 Å². The number of benzene rings is 1. The molecule has 1 aromatic heterocycles. The first-order valence-electron chi connectivity index (χ1n) is 8.46. The molecule has 0 atom stereocenters. The molecule has 8 nitrogen and oxygen atoms in total. The van der Waals surface area contributed by atoms with E-state index in [1.807, 2.05) is 0 Å². The van der Waals surface area contributed by atoms with Crippen molar-refractivity contribution < 1.29 is 14.1 Å². The van der Waals surface area contributed by atoms with Gasteiger partial charge in [0.15, 0.2) is 0 Å². The lowest BCUT2D eigenvalue weighted by molar-refractivity contribution is -0.385. The van der Waals surface area contributed by atoms with Crippen LogP contribution in [0.5, 0.6) is 0 Å². The Morgan fingerprint density at radius 1 is 1.33 bits per heavy atom. The monoisotopic (exact) mass is 395 g/mol. The molecule has 0 aliphatic carbocycles. The van der Waals surface area contributed by atoms with Gasteiger partial charge in [-0.1, -0.05) is 17.7 Å². The number of amides is 1. The molecule has 1 aliphatic rings. The number of halogens is 2. The van der Waals surface area contributed by atoms with E-state index in [-0.39, 0.29) is 29.7 Å². The van der Waals surface area contributed by atoms with Crippen LogP contribution in [-0.2, 0) is 17.9 Å². The first-order valence-corrected chi connectivity index (χ1v) is 8.84. The lowest BCUT2D eigenvalue weighted by Gasteiger charge is -2.34. The Kier molecular flexibility index (Phi) is 5.71. The summed E-state index contributed by atoms with van der Waals surface area (Å²) in [5.74, 6) is -0.500. The molecule has 0 spiro atoms. The molecule has 1 aliphatic heterocycles. The van der Waals surface area contributed by atoms with Gasteiger partial charge in [-0.15, -0.1) is 0 Å². The van der Waals surface area contributed by atoms with Gasteiger partial charge in [-0.3, -0.25) is 24.5 Å². The number of carbonyl (C=O) groups excluding carboxylic acids is 1. The molecule has 27 heavy (non-hydrogen) atoms. The summed E-state index contributed by atoms with van der Waals surface area (Å²) in [6, 6.07) is 4.34. The molecule has 0 unspecified atom stereocenters. The Morgan fingerprint density at radius 2 is 2.04 bits per heavy atom. The molecular formula is C17H19ClFN5O3. The Hall–Kier alpha value is -2.52. The zero-order chi connectivity index (χ0) is 19.6. The van der Waals surface area contributed by atoms with Gasteiger partial charge in [0, 0.05) is 37.7 Å². The number of carbonyl (C=O) groups is 1. The molecule has 0 N–H and O–H groups in total. The number of hydrogen-bond acceptors (Lipinski definition) is 5. The van der Waals surface area contributed by atoms with Gasteiger partial charge >= 0.3 is 5.69 Å². The molecule has 1 aromatic carbocycles. The second-order valence-electron chi connectivity index (χ2n) is 6.45. The first kappa shape index (κ1) is 19.2. The SMILES string of the molecule is Cc1nn(CC(=O)N2CCN(Cc3ccc(F)cc3Cl)CC2)cc1[N+](=O)[O-]. The molecule has 10 heteroatoms. The molecule has 1 amide bonds. The number of nitro groups is 1. The van der Waals surface area contributed by atoms with E-state index in [0.29, 0.717) is 37.7 Å². The normalized spacial score (nSPS) is 15.1. The van der Waals surface area contributed by atoms with Gasteiger partial charge in [0.2, 0.25) is 5.91 Å². The number of hydrogen-bond donors (Lipinski definition) is 0. The molecule has 1 fully saturated rings. The summed E-state index contributed by atoms with van der Waals surface area (Å²) >= 11 is 6.07. The van der Waals surface area contributed by atoms with Crippen LogP contribution in [-0.4, -0.2) is 56.6 Å². The van der Waals surface area contributed by atoms with E-state index in [9.17, 15) is 19.3 Å². The number of piperazine rings is 1. The van der Waals surface area contributed by atoms with E-state index in [4.69, 9.17) is 11.6 Å². The number of aryl methyl sites for hydroxylation is 1. The molecule has 0 bridgehead atoms. The lowest BCUT2D eigenvalue weighted by atomic mass is 10.2. The molecule has 2 aromatic rings. The maximum absolute atomic E-state index is 13.1. The van der Waals surface area contributed by atoms with Gasteiger partial charge < -0.3 is 4.90 Å². The van der Waals surface area contributed by atoms with Crippen LogP contribution in [0.25, 0.3) is 0 Å². The van der Waals surface area contributed by atoms with Crippen LogP contribution in [0.4, 0.5) is 10.1 Å². The highest BCUT2D eigenvalue weighted by molar-refractivity contribution is 6.31. The highest BCUT2D eigenvalue weighted by Gasteiger charge is 2.23. The Labute approximate surface area is 160 Å². The molecular weight excluding hydrogens is 377 g/mol. The van der Waals surface area contributed by atoms with Crippen molar-refractivity contribution in [1.29, 1.82) is 0 Å². The number of rotatable bonds is 5. The van der Waals surface area contributed by atoms with Crippen LogP contribution in [0, 0.1) is 22.9 Å². The van der Waals surface area contributed by atoms with Crippen LogP contribution < -0.4 is 0 Å². The van der Waals surface area contributed by atoms with E-state index in [1.54, 1.807) is 17.9 Å². The summed E-state index contributed by atoms with van der Waals surface area (Å²) in [6.45, 7) is 4.51. The fraction of sp³-hybridized carbons (Fsp3) is 0.412. The fourth-order valence-electron chi connectivity index (χ4n) is 3.05. The summed E-state index contributed by atoms with van der Waals surface area (Å²) in [4.78, 5) is 26.6. The lowest BCUT2D eigenvalue weighted by Crippen LogP contribution is -2.49. The topological polar surface area (TPSA) is 84.5 Å². The minimum Gasteiger partial charge on any atom is -0.339 e. The van der Waals surface area contributed by atoms with E-state index in [0.717, 1.165) is 5.56 Å². The van der Waals surface area contributed by atoms with E-state index >= 15 is 0 Å². The average Bonchev–Trinajstić information content (AvgIpc) is 2.98. The third kappa shape index (κ3) is 4.61. The number of nitrogens with zero attached hydrogens (tertiary/aromatic N) is 5. The van der Waals surface area contributed by atoms with Gasteiger partial charge in [-0.25, -0.2) is 4.39 Å². The van der Waals surface area contributed by atoms with Crippen LogP contribution in [0.2, 0.25) is 5.02 Å². The molecule has 2 heterocycles. The van der Waals surface area contributed by atoms with Crippen LogP contribution in [0.3, 0.4) is 0 Å². The highest BCUT2D eigenvalue weighted by Crippen LogP contribution is 2.20. The van der Waals surface area contributed by atoms with Crippen LogP contribution in [0.15, 0.2) is 24.4 Å². The Morgan fingerprint density at radius 3 is 2.63 bits per heavy atom. The summed E-state index contributed by atoms with van der Waals surface area (Å²) in [7, 11) is 0. The van der Waals surface area contributed by atoms with E-state index in [1.165, 1.54) is 23.0 Å². The predicted octanol–water partition coefficient (Wildman–Crippen LogP) is 2.24. The van der Waals surface area contributed by atoms with Crippen LogP contribution in [0.1, 0.15) is 11.3 Å². The average molecular weight is 396 g/mol. The molecule has 144 valence electrons. The summed E-state index contributed by atoms with van der Waals surface area (Å²) in [6.07, 6.45) is 1.28. The predicted molar refractivity (Wildman–Crippen MR) is 96.9 cm³/mol. The molecule has 3 rings (SSSR count). The van der Waals surface area contributed by atoms with Crippen molar-refractivity contribution in [3.63, 3.8) is 0 Å². The highest BCUT2D eigenvalue weighted by atomic mass is 35.5. The summed E-state index contributed by atoms with van der Waals surface area (Å²) in [5.41, 5.74) is 1.04. The smallest absolute Gasteiger partial charge is 0.309 e. The van der Waals surface area contributed by atoms with Crippen molar-refractivity contribution in [1.82, 2.24) is 19.6 Å². The molecule has 1 saturated heterocycles. The van der Waals surface area contributed by atoms with Crippen molar-refractivity contribution >= 4 is 23.2 Å². The van der Waals surface area contributed by atoms with Crippen molar-refractivity contribution in [3.8, 4) is 0 Å². The second kappa shape index (κ2) is 8.01. The largest absolute Gasteiger partial charge is 0.339 e. The standard InChI is InChI=1S/C17H19ClFN5O3/c1-12-16(24(26)27)10-23(20-12)11-17(25)22-6-4-21(5-7-22)9-13-2-3-14(19)8-15(13)18/h2-3,8,10H,4-7,9,11H2,1H3. The maximum Gasteiger partial charge on any atom is 0.309 e. The third-order valence-corrected chi connectivity index (χ3v) is 4.90. The fourth-order valence-corrected chi connectivity index (χ4v) is 3.28. The second-order valence-corrected chi connectivity index (χ2v) is 6.85. The van der Waals surface area contributed by atoms with Gasteiger partial charge in [0.25, 0.3) is 0 Å². The Bertz CT molecular complexity index is 864. The molecule has 0 radical (unpaired) electrons. The quantitative estimate of drug-likeness (QED) is 0.572. The van der Waals surface area contributed by atoms with E-state index < -0.39 is 4.92 Å². The van der Waals surface area contributed by atoms with Crippen molar-refractivity contribution in [2.75, 3.05) is 26.2 Å². The minimum atomic E-state index is -0.511. The summed E-state index contributed by atoms with van der Waals surface area (Å²) in [5, 5.41) is 15.3. The zero-order valence-electron chi connectivity index (χ0n) is 14.8.